The summed E-state index contributed by atoms with van der Waals surface area (Å²) in [6, 6.07) is 0.127. The van der Waals surface area contributed by atoms with Gasteiger partial charge in [0.25, 0.3) is 0 Å². The number of nitrogens with zero attached hydrogens (tertiary/aromatic N) is 1. The van der Waals surface area contributed by atoms with Gasteiger partial charge in [0.2, 0.25) is 0 Å². The van der Waals surface area contributed by atoms with Gasteiger partial charge in [-0.1, -0.05) is 18.2 Å². The molecule has 0 radical (unpaired) electrons. The predicted octanol–water partition coefficient (Wildman–Crippen LogP) is 4.67. The number of aliphatic hydroxyl groups is 1. The number of ether oxygens (including phenoxy) is 1. The van der Waals surface area contributed by atoms with Crippen molar-refractivity contribution in [3.63, 3.8) is 0 Å². The summed E-state index contributed by atoms with van der Waals surface area (Å²) in [5.41, 5.74) is 1.97. The van der Waals surface area contributed by atoms with Crippen LogP contribution in [0, 0.1) is 11.8 Å². The summed E-state index contributed by atoms with van der Waals surface area (Å²) in [7, 11) is 0. The van der Waals surface area contributed by atoms with Crippen LogP contribution < -0.4 is 0 Å². The average molecular weight is 335 g/mol. The lowest BCUT2D eigenvalue weighted by Gasteiger charge is -2.36. The summed E-state index contributed by atoms with van der Waals surface area (Å²) < 4.78 is 5.77. The number of carbonyl (C=O) groups is 1. The van der Waals surface area contributed by atoms with Crippen molar-refractivity contribution in [3.8, 4) is 0 Å². The predicted molar refractivity (Wildman–Crippen MR) is 98.5 cm³/mol. The van der Waals surface area contributed by atoms with Crippen molar-refractivity contribution < 1.29 is 14.6 Å². The minimum absolute atomic E-state index is 0.0634. The van der Waals surface area contributed by atoms with Crippen molar-refractivity contribution in [2.45, 2.75) is 72.6 Å². The van der Waals surface area contributed by atoms with E-state index in [4.69, 9.17) is 4.74 Å². The number of amides is 1. The molecule has 0 saturated heterocycles. The van der Waals surface area contributed by atoms with Crippen molar-refractivity contribution in [2.75, 3.05) is 0 Å². The molecule has 0 aromatic heterocycles. The topological polar surface area (TPSA) is 49.8 Å². The SMILES string of the molecule is C=C[C@H](O)[C@@H]1C[C@@H](C(=C)C)CC(OC(=O)N(C(C)C)C(C)C)=C1C. The van der Waals surface area contributed by atoms with Crippen LogP contribution in [0.4, 0.5) is 4.79 Å². The highest BCUT2D eigenvalue weighted by Gasteiger charge is 2.34. The first-order valence-corrected chi connectivity index (χ1v) is 8.75. The second kappa shape index (κ2) is 8.52. The lowest BCUT2D eigenvalue weighted by atomic mass is 9.75. The summed E-state index contributed by atoms with van der Waals surface area (Å²) in [6.07, 6.45) is 2.02. The lowest BCUT2D eigenvalue weighted by molar-refractivity contribution is 0.0876. The highest BCUT2D eigenvalue weighted by molar-refractivity contribution is 5.69. The number of aliphatic hydroxyl groups excluding tert-OH is 1. The van der Waals surface area contributed by atoms with Gasteiger partial charge < -0.3 is 14.7 Å². The van der Waals surface area contributed by atoms with Crippen molar-refractivity contribution in [3.05, 3.63) is 36.1 Å². The quantitative estimate of drug-likeness (QED) is 0.718. The van der Waals surface area contributed by atoms with Crippen LogP contribution in [0.5, 0.6) is 0 Å². The molecule has 3 atom stereocenters. The van der Waals surface area contributed by atoms with Crippen molar-refractivity contribution in [2.24, 2.45) is 11.8 Å². The molecule has 1 rings (SSSR count). The number of hydrogen-bond donors (Lipinski definition) is 1. The first-order chi connectivity index (χ1) is 11.1. The van der Waals surface area contributed by atoms with E-state index in [1.165, 1.54) is 0 Å². The van der Waals surface area contributed by atoms with E-state index in [0.29, 0.717) is 12.2 Å². The summed E-state index contributed by atoms with van der Waals surface area (Å²) in [6.45, 7) is 19.6. The third-order valence-electron chi connectivity index (χ3n) is 4.85. The molecule has 4 nitrogen and oxygen atoms in total. The molecule has 0 bridgehead atoms. The molecule has 1 aliphatic rings. The minimum Gasteiger partial charge on any atom is -0.415 e. The fourth-order valence-corrected chi connectivity index (χ4v) is 3.39. The van der Waals surface area contributed by atoms with Gasteiger partial charge >= 0.3 is 6.09 Å². The van der Waals surface area contributed by atoms with E-state index in [0.717, 1.165) is 17.6 Å². The third kappa shape index (κ3) is 4.73. The van der Waals surface area contributed by atoms with Crippen molar-refractivity contribution >= 4 is 6.09 Å². The molecule has 0 aromatic rings. The second-order valence-electron chi connectivity index (χ2n) is 7.38. The smallest absolute Gasteiger partial charge is 0.415 e. The largest absolute Gasteiger partial charge is 0.415 e. The van der Waals surface area contributed by atoms with Crippen LogP contribution in [0.1, 0.15) is 54.4 Å². The van der Waals surface area contributed by atoms with Gasteiger partial charge in [0.1, 0.15) is 5.76 Å². The van der Waals surface area contributed by atoms with E-state index in [2.05, 4.69) is 13.2 Å². The second-order valence-corrected chi connectivity index (χ2v) is 7.38. The third-order valence-corrected chi connectivity index (χ3v) is 4.85. The van der Waals surface area contributed by atoms with Gasteiger partial charge in [0.05, 0.1) is 6.10 Å². The molecule has 136 valence electrons. The zero-order chi connectivity index (χ0) is 18.6. The number of carbonyl (C=O) groups excluding carboxylic acids is 1. The van der Waals surface area contributed by atoms with Crippen LogP contribution >= 0.6 is 0 Å². The Hall–Kier alpha value is -1.55. The van der Waals surface area contributed by atoms with E-state index in [1.54, 1.807) is 11.0 Å². The zero-order valence-corrected chi connectivity index (χ0v) is 16.0. The van der Waals surface area contributed by atoms with Crippen LogP contribution in [-0.4, -0.2) is 34.3 Å². The Labute approximate surface area is 146 Å². The average Bonchev–Trinajstić information content (AvgIpc) is 2.47. The maximum absolute atomic E-state index is 12.6. The summed E-state index contributed by atoms with van der Waals surface area (Å²) in [4.78, 5) is 14.4. The van der Waals surface area contributed by atoms with Crippen LogP contribution in [0.15, 0.2) is 36.1 Å². The molecule has 0 saturated carbocycles. The standard InChI is InChI=1S/C20H33NO3/c1-9-18(22)17-10-16(12(2)3)11-19(15(17)8)24-20(23)21(13(4)5)14(6)7/h9,13-14,16-18,22H,1-2,10-11H2,3-8H3/t16-,17-,18+/m1/s1. The number of hydrogen-bond acceptors (Lipinski definition) is 3. The highest BCUT2D eigenvalue weighted by atomic mass is 16.6. The summed E-state index contributed by atoms with van der Waals surface area (Å²) in [5.74, 6) is 0.770. The van der Waals surface area contributed by atoms with Gasteiger partial charge in [-0.15, -0.1) is 6.58 Å². The number of allylic oxidation sites excluding steroid dienone is 2. The molecule has 0 unspecified atom stereocenters. The zero-order valence-electron chi connectivity index (χ0n) is 16.0. The fourth-order valence-electron chi connectivity index (χ4n) is 3.39. The van der Waals surface area contributed by atoms with Crippen LogP contribution in [0.2, 0.25) is 0 Å². The maximum atomic E-state index is 12.6. The first-order valence-electron chi connectivity index (χ1n) is 8.75. The monoisotopic (exact) mass is 335 g/mol. The lowest BCUT2D eigenvalue weighted by Crippen LogP contribution is -2.42. The molecule has 0 aromatic carbocycles. The highest BCUT2D eigenvalue weighted by Crippen LogP contribution is 2.39. The minimum atomic E-state index is -0.646. The number of rotatable bonds is 6. The van der Waals surface area contributed by atoms with Gasteiger partial charge in [-0.25, -0.2) is 4.79 Å². The van der Waals surface area contributed by atoms with Gasteiger partial charge in [-0.3, -0.25) is 0 Å². The molecule has 1 amide bonds. The Balaban J connectivity index is 3.10. The van der Waals surface area contributed by atoms with Crippen LogP contribution in [0.3, 0.4) is 0 Å². The Morgan fingerprint density at radius 2 is 1.88 bits per heavy atom. The fraction of sp³-hybridized carbons (Fsp3) is 0.650. The van der Waals surface area contributed by atoms with E-state index >= 15 is 0 Å². The van der Waals surface area contributed by atoms with E-state index in [-0.39, 0.29) is 30.0 Å². The van der Waals surface area contributed by atoms with Gasteiger partial charge in [0.15, 0.2) is 0 Å². The van der Waals surface area contributed by atoms with E-state index < -0.39 is 6.10 Å². The van der Waals surface area contributed by atoms with Crippen LogP contribution in [0.25, 0.3) is 0 Å². The van der Waals surface area contributed by atoms with Crippen LogP contribution in [-0.2, 0) is 4.74 Å². The van der Waals surface area contributed by atoms with Gasteiger partial charge in [0, 0.05) is 24.4 Å². The van der Waals surface area contributed by atoms with Crippen molar-refractivity contribution in [1.82, 2.24) is 4.90 Å². The molecule has 24 heavy (non-hydrogen) atoms. The molecule has 1 aliphatic carbocycles. The van der Waals surface area contributed by atoms with Gasteiger partial charge in [-0.05, 0) is 59.5 Å². The maximum Gasteiger partial charge on any atom is 0.415 e. The Morgan fingerprint density at radius 1 is 1.33 bits per heavy atom. The summed E-state index contributed by atoms with van der Waals surface area (Å²) >= 11 is 0. The van der Waals surface area contributed by atoms with E-state index in [1.807, 2.05) is 41.5 Å². The Morgan fingerprint density at radius 3 is 2.29 bits per heavy atom. The Kier molecular flexibility index (Phi) is 7.27. The molecule has 0 fully saturated rings. The molecule has 1 N–H and O–H groups in total. The molecule has 0 spiro atoms. The Bertz CT molecular complexity index is 511. The molecular weight excluding hydrogens is 302 g/mol. The van der Waals surface area contributed by atoms with E-state index in [9.17, 15) is 9.90 Å². The molecule has 0 aliphatic heterocycles. The molecule has 4 heteroatoms. The summed E-state index contributed by atoms with van der Waals surface area (Å²) in [5, 5.41) is 10.3. The van der Waals surface area contributed by atoms with Gasteiger partial charge in [-0.2, -0.15) is 0 Å². The van der Waals surface area contributed by atoms with Crippen molar-refractivity contribution in [1.29, 1.82) is 0 Å². The normalized spacial score (nSPS) is 22.5. The molecular formula is C20H33NO3. The molecule has 0 heterocycles. The first kappa shape index (κ1) is 20.5.